The average molecular weight is 402 g/mol. The van der Waals surface area contributed by atoms with E-state index in [2.05, 4.69) is 28.5 Å². The van der Waals surface area contributed by atoms with E-state index in [1.54, 1.807) is 23.0 Å². The van der Waals surface area contributed by atoms with Gasteiger partial charge in [0.05, 0.1) is 18.2 Å². The lowest BCUT2D eigenvalue weighted by atomic mass is 9.73. The molecule has 4 rings (SSSR count). The number of likely N-dealkylation sites (tertiary alicyclic amines) is 1. The van der Waals surface area contributed by atoms with Crippen LogP contribution in [-0.4, -0.2) is 50.5 Å². The van der Waals surface area contributed by atoms with Gasteiger partial charge >= 0.3 is 12.1 Å². The second kappa shape index (κ2) is 7.01. The average Bonchev–Trinajstić information content (AvgIpc) is 3.04. The molecule has 3 heterocycles. The fourth-order valence-corrected chi connectivity index (χ4v) is 4.82. The Morgan fingerprint density at radius 1 is 1.50 bits per heavy atom. The van der Waals surface area contributed by atoms with Crippen molar-refractivity contribution >= 4 is 23.9 Å². The molecule has 2 aromatic rings. The van der Waals surface area contributed by atoms with Gasteiger partial charge in [-0.25, -0.2) is 9.59 Å². The second-order valence-corrected chi connectivity index (χ2v) is 8.50. The normalized spacial score (nSPS) is 25.0. The summed E-state index contributed by atoms with van der Waals surface area (Å²) in [6, 6.07) is 7.22. The highest BCUT2D eigenvalue weighted by molar-refractivity contribution is 7.99. The van der Waals surface area contributed by atoms with E-state index in [1.807, 2.05) is 29.8 Å². The van der Waals surface area contributed by atoms with Gasteiger partial charge in [0.1, 0.15) is 6.33 Å². The highest BCUT2D eigenvalue weighted by Crippen LogP contribution is 2.46. The minimum Gasteiger partial charge on any atom is -0.449 e. The van der Waals surface area contributed by atoms with Crippen molar-refractivity contribution in [3.8, 4) is 0 Å². The number of hydrogen-bond acceptors (Lipinski definition) is 6. The SMILES string of the molecule is CC(Sc1nncn1C)c1cccc(C2N(C(N)=O)CC23CCOC(=O)N3)c1. The van der Waals surface area contributed by atoms with Crippen LogP contribution in [0.4, 0.5) is 9.59 Å². The van der Waals surface area contributed by atoms with Gasteiger partial charge in [0, 0.05) is 25.3 Å². The molecule has 28 heavy (non-hydrogen) atoms. The van der Waals surface area contributed by atoms with Gasteiger partial charge in [0.25, 0.3) is 0 Å². The van der Waals surface area contributed by atoms with Gasteiger partial charge < -0.3 is 25.3 Å². The Morgan fingerprint density at radius 2 is 2.32 bits per heavy atom. The third-order valence-corrected chi connectivity index (χ3v) is 6.56. The van der Waals surface area contributed by atoms with Crippen molar-refractivity contribution in [3.63, 3.8) is 0 Å². The maximum absolute atomic E-state index is 11.9. The second-order valence-electron chi connectivity index (χ2n) is 7.19. The van der Waals surface area contributed by atoms with E-state index in [-0.39, 0.29) is 11.3 Å². The number of urea groups is 1. The molecule has 1 aromatic heterocycles. The summed E-state index contributed by atoms with van der Waals surface area (Å²) >= 11 is 1.60. The first-order valence-electron chi connectivity index (χ1n) is 9.01. The Hall–Kier alpha value is -2.75. The topological polar surface area (TPSA) is 115 Å². The van der Waals surface area contributed by atoms with Gasteiger partial charge in [0.15, 0.2) is 5.16 Å². The van der Waals surface area contributed by atoms with Gasteiger partial charge in [-0.15, -0.1) is 10.2 Å². The van der Waals surface area contributed by atoms with Gasteiger partial charge in [-0.1, -0.05) is 36.0 Å². The van der Waals surface area contributed by atoms with Crippen LogP contribution in [0.5, 0.6) is 0 Å². The van der Waals surface area contributed by atoms with E-state index in [0.717, 1.165) is 16.3 Å². The number of cyclic esters (lactones) is 1. The summed E-state index contributed by atoms with van der Waals surface area (Å²) in [6.07, 6.45) is 1.84. The Kier molecular flexibility index (Phi) is 4.66. The fourth-order valence-electron chi connectivity index (χ4n) is 3.91. The number of alkyl carbamates (subject to hydrolysis) is 1. The summed E-state index contributed by atoms with van der Waals surface area (Å²) in [5.74, 6) is 0. The Balaban J connectivity index is 1.62. The highest BCUT2D eigenvalue weighted by Gasteiger charge is 2.57. The smallest absolute Gasteiger partial charge is 0.407 e. The number of aryl methyl sites for hydroxylation is 1. The number of carbonyl (C=O) groups is 2. The molecule has 3 amide bonds. The number of hydrogen-bond donors (Lipinski definition) is 2. The highest BCUT2D eigenvalue weighted by atomic mass is 32.2. The van der Waals surface area contributed by atoms with Gasteiger partial charge in [-0.2, -0.15) is 0 Å². The van der Waals surface area contributed by atoms with Crippen molar-refractivity contribution in [2.45, 2.75) is 35.3 Å². The summed E-state index contributed by atoms with van der Waals surface area (Å²) in [5, 5.41) is 11.9. The van der Waals surface area contributed by atoms with Gasteiger partial charge in [-0.3, -0.25) is 0 Å². The van der Waals surface area contributed by atoms with Crippen molar-refractivity contribution < 1.29 is 14.3 Å². The lowest BCUT2D eigenvalue weighted by molar-refractivity contribution is -0.0365. The number of nitrogens with zero attached hydrogens (tertiary/aromatic N) is 4. The van der Waals surface area contributed by atoms with Gasteiger partial charge in [0.2, 0.25) is 0 Å². The predicted molar refractivity (Wildman–Crippen MR) is 103 cm³/mol. The number of thioether (sulfide) groups is 1. The number of amides is 3. The molecule has 2 aliphatic heterocycles. The molecule has 0 radical (unpaired) electrons. The molecule has 1 spiro atoms. The number of rotatable bonds is 4. The molecule has 3 unspecified atom stereocenters. The number of nitrogens with two attached hydrogens (primary N) is 1. The zero-order chi connectivity index (χ0) is 19.9. The van der Waals surface area contributed by atoms with Crippen LogP contribution in [0.25, 0.3) is 0 Å². The van der Waals surface area contributed by atoms with Crippen molar-refractivity contribution in [1.82, 2.24) is 25.0 Å². The van der Waals surface area contributed by atoms with Crippen LogP contribution in [0.1, 0.15) is 35.8 Å². The Bertz CT molecular complexity index is 918. The largest absolute Gasteiger partial charge is 0.449 e. The van der Waals surface area contributed by atoms with Crippen molar-refractivity contribution in [2.75, 3.05) is 13.2 Å². The molecule has 148 valence electrons. The van der Waals surface area contributed by atoms with E-state index < -0.39 is 17.7 Å². The molecule has 3 atom stereocenters. The van der Waals surface area contributed by atoms with Crippen LogP contribution in [0, 0.1) is 0 Å². The van der Waals surface area contributed by atoms with Crippen LogP contribution < -0.4 is 11.1 Å². The summed E-state index contributed by atoms with van der Waals surface area (Å²) in [6.45, 7) is 2.81. The molecule has 2 saturated heterocycles. The number of aromatic nitrogens is 3. The first kappa shape index (κ1) is 18.6. The molecule has 0 bridgehead atoms. The number of carbonyl (C=O) groups excluding carboxylic acids is 2. The quantitative estimate of drug-likeness (QED) is 0.756. The van der Waals surface area contributed by atoms with E-state index in [4.69, 9.17) is 10.5 Å². The number of nitrogens with one attached hydrogen (secondary N) is 1. The zero-order valence-electron chi connectivity index (χ0n) is 15.7. The standard InChI is InChI=1S/C18H22N6O3S/c1-11(28-16-22-20-10-23(16)2)12-4-3-5-13(8-12)14-18(9-24(14)15(19)25)6-7-27-17(26)21-18/h3-5,8,10-11,14H,6-7,9H2,1-2H3,(H2,19,25)(H,21,26). The molecule has 10 heteroatoms. The Labute approximate surface area is 166 Å². The molecule has 2 fully saturated rings. The summed E-state index contributed by atoms with van der Waals surface area (Å²) in [5.41, 5.74) is 7.07. The lowest BCUT2D eigenvalue weighted by Gasteiger charge is -2.58. The van der Waals surface area contributed by atoms with E-state index in [0.29, 0.717) is 19.6 Å². The maximum atomic E-state index is 11.9. The van der Waals surface area contributed by atoms with Crippen LogP contribution >= 0.6 is 11.8 Å². The van der Waals surface area contributed by atoms with Crippen LogP contribution in [0.2, 0.25) is 0 Å². The molecular weight excluding hydrogens is 380 g/mol. The summed E-state index contributed by atoms with van der Waals surface area (Å²) in [4.78, 5) is 25.3. The summed E-state index contributed by atoms with van der Waals surface area (Å²) < 4.78 is 6.89. The monoisotopic (exact) mass is 402 g/mol. The minimum absolute atomic E-state index is 0.130. The van der Waals surface area contributed by atoms with Gasteiger partial charge in [-0.05, 0) is 18.1 Å². The van der Waals surface area contributed by atoms with E-state index in [9.17, 15) is 9.59 Å². The maximum Gasteiger partial charge on any atom is 0.407 e. The number of primary amides is 1. The number of benzene rings is 1. The molecule has 2 aliphatic rings. The molecule has 1 aromatic carbocycles. The van der Waals surface area contributed by atoms with Crippen LogP contribution in [0.3, 0.4) is 0 Å². The third-order valence-electron chi connectivity index (χ3n) is 5.35. The fraction of sp³-hybridized carbons (Fsp3) is 0.444. The first-order valence-corrected chi connectivity index (χ1v) is 9.89. The van der Waals surface area contributed by atoms with E-state index >= 15 is 0 Å². The number of ether oxygens (including phenoxy) is 1. The minimum atomic E-state index is -0.539. The van der Waals surface area contributed by atoms with Crippen molar-refractivity contribution in [2.24, 2.45) is 12.8 Å². The molecule has 3 N–H and O–H groups in total. The zero-order valence-corrected chi connectivity index (χ0v) is 16.5. The summed E-state index contributed by atoms with van der Waals surface area (Å²) in [7, 11) is 1.90. The molecule has 9 nitrogen and oxygen atoms in total. The first-order chi connectivity index (χ1) is 13.4. The van der Waals surface area contributed by atoms with E-state index in [1.165, 1.54) is 0 Å². The molecule has 0 aliphatic carbocycles. The van der Waals surface area contributed by atoms with Crippen LogP contribution in [-0.2, 0) is 11.8 Å². The van der Waals surface area contributed by atoms with Crippen molar-refractivity contribution in [1.29, 1.82) is 0 Å². The van der Waals surface area contributed by atoms with Crippen molar-refractivity contribution in [3.05, 3.63) is 41.7 Å². The lowest BCUT2D eigenvalue weighted by Crippen LogP contribution is -2.75. The Morgan fingerprint density at radius 3 is 3.00 bits per heavy atom. The predicted octanol–water partition coefficient (Wildman–Crippen LogP) is 1.97. The third kappa shape index (κ3) is 3.17. The molecule has 0 saturated carbocycles. The molecular formula is C18H22N6O3S. The van der Waals surface area contributed by atoms with Crippen LogP contribution in [0.15, 0.2) is 35.7 Å².